The van der Waals surface area contributed by atoms with Gasteiger partial charge in [-0.1, -0.05) is 43.5 Å². The molecule has 1 fully saturated rings. The Bertz CT molecular complexity index is 681. The second kappa shape index (κ2) is 8.45. The quantitative estimate of drug-likeness (QED) is 0.714. The molecule has 2 aromatic carbocycles. The number of hydrogen-bond donors (Lipinski definition) is 1. The van der Waals surface area contributed by atoms with E-state index >= 15 is 0 Å². The maximum Gasteiger partial charge on any atom is 0.132 e. The highest BCUT2D eigenvalue weighted by Gasteiger charge is 2.15. The molecule has 1 aliphatic rings. The van der Waals surface area contributed by atoms with Crippen molar-refractivity contribution in [1.29, 1.82) is 0 Å². The molecule has 1 atom stereocenters. The maximum atomic E-state index is 14.1. The Labute approximate surface area is 148 Å². The summed E-state index contributed by atoms with van der Waals surface area (Å²) in [5, 5.41) is 0. The van der Waals surface area contributed by atoms with Crippen LogP contribution in [0.1, 0.15) is 67.7 Å². The molecule has 0 aliphatic heterocycles. The van der Waals surface area contributed by atoms with Crippen molar-refractivity contribution in [3.05, 3.63) is 65.0 Å². The summed E-state index contributed by atoms with van der Waals surface area (Å²) in [5.41, 5.74) is 2.93. The van der Waals surface area contributed by atoms with E-state index in [4.69, 9.17) is 10.6 Å². The molecule has 1 unspecified atom stereocenters. The SMILES string of the molecule is CC(ON)c1ccc(OCc2ccc(C3CCCCC3)cc2)cc1F. The number of halogens is 1. The van der Waals surface area contributed by atoms with Gasteiger partial charge in [-0.3, -0.25) is 4.84 Å². The highest BCUT2D eigenvalue weighted by atomic mass is 19.1. The van der Waals surface area contributed by atoms with Gasteiger partial charge in [0.2, 0.25) is 0 Å². The van der Waals surface area contributed by atoms with Crippen LogP contribution in [0.15, 0.2) is 42.5 Å². The molecule has 134 valence electrons. The van der Waals surface area contributed by atoms with Crippen LogP contribution >= 0.6 is 0 Å². The van der Waals surface area contributed by atoms with Crippen molar-refractivity contribution >= 4 is 0 Å². The normalized spacial score (nSPS) is 16.6. The minimum Gasteiger partial charge on any atom is -0.489 e. The fraction of sp³-hybridized carbons (Fsp3) is 0.429. The van der Waals surface area contributed by atoms with Gasteiger partial charge < -0.3 is 4.74 Å². The van der Waals surface area contributed by atoms with Crippen LogP contribution in [0.2, 0.25) is 0 Å². The summed E-state index contributed by atoms with van der Waals surface area (Å²) < 4.78 is 19.8. The summed E-state index contributed by atoms with van der Waals surface area (Å²) in [7, 11) is 0. The van der Waals surface area contributed by atoms with Gasteiger partial charge in [0.15, 0.2) is 0 Å². The van der Waals surface area contributed by atoms with Gasteiger partial charge in [-0.15, -0.1) is 0 Å². The molecular formula is C21H26FNO2. The first-order chi connectivity index (χ1) is 12.2. The second-order valence-corrected chi connectivity index (χ2v) is 6.83. The molecule has 0 radical (unpaired) electrons. The van der Waals surface area contributed by atoms with Crippen molar-refractivity contribution in [1.82, 2.24) is 0 Å². The zero-order chi connectivity index (χ0) is 17.6. The average Bonchev–Trinajstić information content (AvgIpc) is 2.67. The Morgan fingerprint density at radius 3 is 2.44 bits per heavy atom. The molecule has 1 saturated carbocycles. The van der Waals surface area contributed by atoms with Crippen molar-refractivity contribution < 1.29 is 14.0 Å². The van der Waals surface area contributed by atoms with E-state index < -0.39 is 6.10 Å². The van der Waals surface area contributed by atoms with Crippen molar-refractivity contribution in [2.75, 3.05) is 0 Å². The Hall–Kier alpha value is -1.91. The van der Waals surface area contributed by atoms with Crippen LogP contribution in [0.25, 0.3) is 0 Å². The number of rotatable bonds is 6. The molecule has 3 nitrogen and oxygen atoms in total. The average molecular weight is 343 g/mol. The third-order valence-corrected chi connectivity index (χ3v) is 5.08. The number of hydrogen-bond acceptors (Lipinski definition) is 3. The van der Waals surface area contributed by atoms with E-state index in [-0.39, 0.29) is 5.82 Å². The van der Waals surface area contributed by atoms with Gasteiger partial charge in [0.25, 0.3) is 0 Å². The molecule has 0 spiro atoms. The van der Waals surface area contributed by atoms with Crippen LogP contribution in [0.4, 0.5) is 4.39 Å². The summed E-state index contributed by atoms with van der Waals surface area (Å²) in [5.74, 6) is 5.95. The monoisotopic (exact) mass is 343 g/mol. The molecule has 0 heterocycles. The largest absolute Gasteiger partial charge is 0.489 e. The topological polar surface area (TPSA) is 44.5 Å². The molecule has 25 heavy (non-hydrogen) atoms. The fourth-order valence-electron chi connectivity index (χ4n) is 3.49. The molecule has 2 N–H and O–H groups in total. The third kappa shape index (κ3) is 4.59. The maximum absolute atomic E-state index is 14.1. The van der Waals surface area contributed by atoms with Gasteiger partial charge in [-0.25, -0.2) is 10.3 Å². The smallest absolute Gasteiger partial charge is 0.132 e. The molecule has 0 bridgehead atoms. The standard InChI is InChI=1S/C21H26FNO2/c1-15(25-23)20-12-11-19(13-21(20)22)24-14-16-7-9-18(10-8-16)17-5-3-2-4-6-17/h7-13,15,17H,2-6,14,23H2,1H3. The molecule has 1 aliphatic carbocycles. The predicted octanol–water partition coefficient (Wildman–Crippen LogP) is 5.40. The number of nitrogens with two attached hydrogens (primary N) is 1. The van der Waals surface area contributed by atoms with Gasteiger partial charge >= 0.3 is 0 Å². The van der Waals surface area contributed by atoms with Crippen LogP contribution < -0.4 is 10.6 Å². The first-order valence-electron chi connectivity index (χ1n) is 9.04. The number of ether oxygens (including phenoxy) is 1. The molecule has 0 amide bonds. The summed E-state index contributed by atoms with van der Waals surface area (Å²) in [6.07, 6.45) is 6.16. The van der Waals surface area contributed by atoms with E-state index in [1.54, 1.807) is 19.1 Å². The predicted molar refractivity (Wildman–Crippen MR) is 96.7 cm³/mol. The zero-order valence-electron chi connectivity index (χ0n) is 14.7. The van der Waals surface area contributed by atoms with Gasteiger partial charge in [0.1, 0.15) is 24.3 Å². The third-order valence-electron chi connectivity index (χ3n) is 5.08. The Kier molecular flexibility index (Phi) is 6.05. The van der Waals surface area contributed by atoms with Crippen LogP contribution in [0.5, 0.6) is 5.75 Å². The summed E-state index contributed by atoms with van der Waals surface area (Å²) >= 11 is 0. The van der Waals surface area contributed by atoms with Crippen LogP contribution in [0, 0.1) is 5.82 Å². The minimum absolute atomic E-state index is 0.372. The van der Waals surface area contributed by atoms with Gasteiger partial charge in [0, 0.05) is 11.6 Å². The molecule has 0 saturated heterocycles. The first kappa shape index (κ1) is 17.9. The van der Waals surface area contributed by atoms with E-state index in [1.807, 2.05) is 0 Å². The lowest BCUT2D eigenvalue weighted by atomic mass is 9.84. The van der Waals surface area contributed by atoms with E-state index in [9.17, 15) is 4.39 Å². The molecule has 0 aromatic heterocycles. The van der Waals surface area contributed by atoms with Gasteiger partial charge in [-0.05, 0) is 48.9 Å². The second-order valence-electron chi connectivity index (χ2n) is 6.83. The molecule has 2 aromatic rings. The van der Waals surface area contributed by atoms with Crippen molar-refractivity contribution in [2.45, 2.75) is 57.7 Å². The van der Waals surface area contributed by atoms with Crippen molar-refractivity contribution in [3.63, 3.8) is 0 Å². The van der Waals surface area contributed by atoms with Crippen LogP contribution in [0.3, 0.4) is 0 Å². The lowest BCUT2D eigenvalue weighted by molar-refractivity contribution is 0.0638. The van der Waals surface area contributed by atoms with Crippen LogP contribution in [-0.4, -0.2) is 0 Å². The van der Waals surface area contributed by atoms with E-state index in [1.165, 1.54) is 43.7 Å². The highest BCUT2D eigenvalue weighted by molar-refractivity contribution is 5.31. The Morgan fingerprint density at radius 2 is 1.80 bits per heavy atom. The van der Waals surface area contributed by atoms with Crippen molar-refractivity contribution in [3.8, 4) is 5.75 Å². The zero-order valence-corrected chi connectivity index (χ0v) is 14.7. The fourth-order valence-corrected chi connectivity index (χ4v) is 3.49. The summed E-state index contributed by atoms with van der Waals surface area (Å²) in [6.45, 7) is 2.12. The lowest BCUT2D eigenvalue weighted by Crippen LogP contribution is -2.07. The van der Waals surface area contributed by atoms with Crippen molar-refractivity contribution in [2.24, 2.45) is 5.90 Å². The van der Waals surface area contributed by atoms with Crippen LogP contribution in [-0.2, 0) is 11.4 Å². The van der Waals surface area contributed by atoms with E-state index in [0.29, 0.717) is 23.8 Å². The lowest BCUT2D eigenvalue weighted by Gasteiger charge is -2.22. The Balaban J connectivity index is 1.59. The van der Waals surface area contributed by atoms with E-state index in [2.05, 4.69) is 29.1 Å². The summed E-state index contributed by atoms with van der Waals surface area (Å²) in [4.78, 5) is 4.67. The summed E-state index contributed by atoms with van der Waals surface area (Å²) in [6, 6.07) is 13.4. The van der Waals surface area contributed by atoms with Gasteiger partial charge in [-0.2, -0.15) is 0 Å². The number of benzene rings is 2. The van der Waals surface area contributed by atoms with E-state index in [0.717, 1.165) is 5.56 Å². The Morgan fingerprint density at radius 1 is 1.08 bits per heavy atom. The molecule has 4 heteroatoms. The molecular weight excluding hydrogens is 317 g/mol. The first-order valence-corrected chi connectivity index (χ1v) is 9.04. The highest BCUT2D eigenvalue weighted by Crippen LogP contribution is 2.32. The molecule has 3 rings (SSSR count). The van der Waals surface area contributed by atoms with Gasteiger partial charge in [0.05, 0.1) is 0 Å². The minimum atomic E-state index is -0.485.